The molecule has 3 nitrogen and oxygen atoms in total. The lowest BCUT2D eigenvalue weighted by atomic mass is 9.91. The molecule has 0 aromatic carbocycles. The van der Waals surface area contributed by atoms with Crippen LogP contribution in [-0.2, 0) is 28.2 Å². The van der Waals surface area contributed by atoms with Gasteiger partial charge in [-0.05, 0) is 42.3 Å². The van der Waals surface area contributed by atoms with E-state index in [1.54, 1.807) is 13.8 Å². The van der Waals surface area contributed by atoms with Gasteiger partial charge in [0, 0.05) is 0 Å². The molecule has 1 aromatic heterocycles. The molecule has 0 amide bonds. The fourth-order valence-electron chi connectivity index (χ4n) is 2.30. The van der Waals surface area contributed by atoms with Crippen molar-refractivity contribution in [1.29, 1.82) is 0 Å². The van der Waals surface area contributed by atoms with E-state index in [4.69, 9.17) is 33.9 Å². The third-order valence-corrected chi connectivity index (χ3v) is 3.97. The highest BCUT2D eigenvalue weighted by Crippen LogP contribution is 2.40. The van der Waals surface area contributed by atoms with E-state index in [9.17, 15) is 26.3 Å². The zero-order valence-corrected chi connectivity index (χ0v) is 15.8. The molecule has 26 heavy (non-hydrogen) atoms. The molecular formula is C15H15F6NO2S2. The van der Waals surface area contributed by atoms with Gasteiger partial charge >= 0.3 is 12.4 Å². The molecule has 0 saturated heterocycles. The number of pyridine rings is 1. The Kier molecular flexibility index (Phi) is 6.97. The molecule has 1 heterocycles. The van der Waals surface area contributed by atoms with Crippen LogP contribution in [0.5, 0.6) is 0 Å². The van der Waals surface area contributed by atoms with Crippen LogP contribution in [0.2, 0.25) is 0 Å². The first-order valence-corrected chi connectivity index (χ1v) is 7.95. The molecule has 0 aliphatic rings. The first-order chi connectivity index (χ1) is 11.8. The number of nitrogens with zero attached hydrogens (tertiary/aromatic N) is 1. The third-order valence-electron chi connectivity index (χ3n) is 3.23. The minimum Gasteiger partial charge on any atom is -0.486 e. The van der Waals surface area contributed by atoms with Gasteiger partial charge in [0.15, 0.2) is 21.5 Å². The zero-order chi connectivity index (χ0) is 20.4. The zero-order valence-electron chi connectivity index (χ0n) is 14.1. The van der Waals surface area contributed by atoms with Crippen LogP contribution in [0.3, 0.4) is 0 Å². The Morgan fingerprint density at radius 3 is 1.46 bits per heavy atom. The average molecular weight is 419 g/mol. The van der Waals surface area contributed by atoms with E-state index < -0.39 is 45.0 Å². The molecule has 11 heteroatoms. The third kappa shape index (κ3) is 4.81. The van der Waals surface area contributed by atoms with E-state index in [1.807, 2.05) is 0 Å². The van der Waals surface area contributed by atoms with Gasteiger partial charge in [0.05, 0.1) is 25.3 Å². The fourth-order valence-corrected chi connectivity index (χ4v) is 2.74. The second-order valence-corrected chi connectivity index (χ2v) is 6.36. The van der Waals surface area contributed by atoms with Gasteiger partial charge < -0.3 is 9.47 Å². The van der Waals surface area contributed by atoms with Crippen molar-refractivity contribution in [2.75, 3.05) is 14.2 Å². The maximum atomic E-state index is 13.4. The van der Waals surface area contributed by atoms with E-state index in [0.29, 0.717) is 0 Å². The molecule has 0 aliphatic heterocycles. The largest absolute Gasteiger partial charge is 0.486 e. The van der Waals surface area contributed by atoms with Crippen molar-refractivity contribution in [2.45, 2.75) is 32.6 Å². The molecule has 146 valence electrons. The Balaban J connectivity index is 4.15. The molecule has 0 aliphatic carbocycles. The van der Waals surface area contributed by atoms with Crippen LogP contribution < -0.4 is 0 Å². The van der Waals surface area contributed by atoms with Crippen LogP contribution >= 0.6 is 24.4 Å². The quantitative estimate of drug-likeness (QED) is 0.509. The minimum absolute atomic E-state index is 0.174. The summed E-state index contributed by atoms with van der Waals surface area (Å²) in [5, 5.41) is -1.26. The summed E-state index contributed by atoms with van der Waals surface area (Å²) in [5.41, 5.74) is -5.35. The first-order valence-electron chi connectivity index (χ1n) is 7.13. The van der Waals surface area contributed by atoms with Gasteiger partial charge in [-0.25, -0.2) is 4.98 Å². The standard InChI is InChI=1S/C15H15F6NO2S2/c1-6(2)5-7-8(12(25)23-3)10(14(16,17)18)22-11(15(19,20)21)9(7)13(26)24-4/h6H,5H2,1-4H3. The number of methoxy groups -OCH3 is 2. The van der Waals surface area contributed by atoms with Gasteiger partial charge in [-0.1, -0.05) is 13.8 Å². The Morgan fingerprint density at radius 2 is 1.23 bits per heavy atom. The number of ether oxygens (including phenoxy) is 2. The van der Waals surface area contributed by atoms with Crippen LogP contribution in [0.1, 0.15) is 41.9 Å². The molecule has 1 rings (SSSR count). The summed E-state index contributed by atoms with van der Waals surface area (Å²) in [5.74, 6) is -0.309. The summed E-state index contributed by atoms with van der Waals surface area (Å²) in [6.07, 6.45) is -10.5. The number of hydrogen-bond donors (Lipinski definition) is 0. The maximum absolute atomic E-state index is 13.4. The fraction of sp³-hybridized carbons (Fsp3) is 0.533. The van der Waals surface area contributed by atoms with Gasteiger partial charge in [0.1, 0.15) is 0 Å². The first kappa shape index (κ1) is 22.6. The number of thiocarbonyl (C=S) groups is 2. The van der Waals surface area contributed by atoms with E-state index in [0.717, 1.165) is 14.2 Å². The van der Waals surface area contributed by atoms with Gasteiger partial charge in [0.2, 0.25) is 0 Å². The van der Waals surface area contributed by atoms with Gasteiger partial charge in [-0.3, -0.25) is 0 Å². The summed E-state index contributed by atoms with van der Waals surface area (Å²) >= 11 is 9.62. The number of hydrogen-bond acceptors (Lipinski definition) is 5. The van der Waals surface area contributed by atoms with Crippen molar-refractivity contribution in [3.8, 4) is 0 Å². The molecule has 1 aromatic rings. The smallest absolute Gasteiger partial charge is 0.434 e. The van der Waals surface area contributed by atoms with Crippen molar-refractivity contribution >= 4 is 34.5 Å². The second kappa shape index (κ2) is 8.03. The Morgan fingerprint density at radius 1 is 0.885 bits per heavy atom. The van der Waals surface area contributed by atoms with E-state index >= 15 is 0 Å². The van der Waals surface area contributed by atoms with E-state index in [2.05, 4.69) is 4.98 Å². The lowest BCUT2D eigenvalue weighted by molar-refractivity contribution is -0.150. The summed E-state index contributed by atoms with van der Waals surface area (Å²) in [7, 11) is 2.04. The topological polar surface area (TPSA) is 31.4 Å². The van der Waals surface area contributed by atoms with Crippen LogP contribution in [0.25, 0.3) is 0 Å². The predicted octanol–water partition coefficient (Wildman–Crippen LogP) is 4.96. The normalized spacial score (nSPS) is 12.3. The molecular weight excluding hydrogens is 404 g/mol. The SMILES string of the molecule is COC(=S)c1c(C(F)(F)F)nc(C(F)(F)F)c(C(=S)OC)c1CC(C)C. The molecule has 0 bridgehead atoms. The average Bonchev–Trinajstić information content (AvgIpc) is 2.49. The molecule has 0 unspecified atom stereocenters. The van der Waals surface area contributed by atoms with E-state index in [1.165, 1.54) is 0 Å². The second-order valence-electron chi connectivity index (χ2n) is 5.61. The number of aromatic nitrogens is 1. The number of rotatable bonds is 4. The number of halogens is 6. The van der Waals surface area contributed by atoms with E-state index in [-0.39, 0.29) is 17.9 Å². The maximum Gasteiger partial charge on any atom is 0.434 e. The Bertz CT molecular complexity index is 661. The number of alkyl halides is 6. The van der Waals surface area contributed by atoms with Crippen LogP contribution in [0.15, 0.2) is 0 Å². The summed E-state index contributed by atoms with van der Waals surface area (Å²) in [4.78, 5) is 2.84. The molecule has 0 fully saturated rings. The lowest BCUT2D eigenvalue weighted by Crippen LogP contribution is -2.27. The minimum atomic E-state index is -5.18. The predicted molar refractivity (Wildman–Crippen MR) is 90.2 cm³/mol. The van der Waals surface area contributed by atoms with Crippen molar-refractivity contribution in [3.05, 3.63) is 28.1 Å². The monoisotopic (exact) mass is 419 g/mol. The van der Waals surface area contributed by atoms with Gasteiger partial charge in [-0.2, -0.15) is 26.3 Å². The van der Waals surface area contributed by atoms with Crippen molar-refractivity contribution in [1.82, 2.24) is 4.98 Å². The van der Waals surface area contributed by atoms with Crippen LogP contribution in [-0.4, -0.2) is 29.3 Å². The highest BCUT2D eigenvalue weighted by molar-refractivity contribution is 7.80. The highest BCUT2D eigenvalue weighted by atomic mass is 32.1. The summed E-state index contributed by atoms with van der Waals surface area (Å²) < 4.78 is 90.0. The van der Waals surface area contributed by atoms with Gasteiger partial charge in [0.25, 0.3) is 0 Å². The lowest BCUT2D eigenvalue weighted by Gasteiger charge is -2.24. The van der Waals surface area contributed by atoms with Crippen molar-refractivity contribution in [2.24, 2.45) is 5.92 Å². The summed E-state index contributed by atoms with van der Waals surface area (Å²) in [6.45, 7) is 3.25. The molecule has 0 radical (unpaired) electrons. The van der Waals surface area contributed by atoms with Crippen LogP contribution in [0, 0.1) is 5.92 Å². The van der Waals surface area contributed by atoms with Crippen LogP contribution in [0.4, 0.5) is 26.3 Å². The molecule has 0 N–H and O–H groups in total. The van der Waals surface area contributed by atoms with Gasteiger partial charge in [-0.15, -0.1) is 0 Å². The van der Waals surface area contributed by atoms with Crippen molar-refractivity contribution < 1.29 is 35.8 Å². The molecule has 0 saturated carbocycles. The highest BCUT2D eigenvalue weighted by Gasteiger charge is 2.46. The molecule has 0 spiro atoms. The molecule has 0 atom stereocenters. The Hall–Kier alpha value is -1.49. The summed E-state index contributed by atoms with van der Waals surface area (Å²) in [6, 6.07) is 0. The Labute approximate surface area is 156 Å². The van der Waals surface area contributed by atoms with Crippen molar-refractivity contribution in [3.63, 3.8) is 0 Å².